The maximum Gasteiger partial charge on any atom is 0.0587 e. The lowest BCUT2D eigenvalue weighted by Gasteiger charge is -2.31. The van der Waals surface area contributed by atoms with Crippen molar-refractivity contribution < 1.29 is 4.74 Å². The van der Waals surface area contributed by atoms with Crippen LogP contribution in [0.1, 0.15) is 31.2 Å². The molecule has 1 saturated carbocycles. The van der Waals surface area contributed by atoms with Gasteiger partial charge in [0.05, 0.1) is 6.61 Å². The van der Waals surface area contributed by atoms with Crippen molar-refractivity contribution in [2.24, 2.45) is 0 Å². The summed E-state index contributed by atoms with van der Waals surface area (Å²) in [5.41, 5.74) is 1.54. The van der Waals surface area contributed by atoms with E-state index in [0.29, 0.717) is 0 Å². The maximum atomic E-state index is 6.38. The van der Waals surface area contributed by atoms with Gasteiger partial charge in [0.1, 0.15) is 0 Å². The summed E-state index contributed by atoms with van der Waals surface area (Å²) < 4.78 is 5.08. The molecule has 1 fully saturated rings. The monoisotopic (exact) mass is 267 g/mol. The molecular formula is C15H22ClNO. The zero-order valence-corrected chi connectivity index (χ0v) is 11.8. The highest BCUT2D eigenvalue weighted by Gasteiger charge is 2.36. The molecule has 3 heteroatoms. The molecule has 0 aromatic heterocycles. The summed E-state index contributed by atoms with van der Waals surface area (Å²) >= 11 is 6.38. The smallest absolute Gasteiger partial charge is 0.0587 e. The van der Waals surface area contributed by atoms with E-state index in [4.69, 9.17) is 16.3 Å². The van der Waals surface area contributed by atoms with Crippen LogP contribution in [0.3, 0.4) is 0 Å². The van der Waals surface area contributed by atoms with Gasteiger partial charge in [-0.1, -0.05) is 42.6 Å². The van der Waals surface area contributed by atoms with Crippen molar-refractivity contribution >= 4 is 11.6 Å². The molecule has 0 aliphatic heterocycles. The summed E-state index contributed by atoms with van der Waals surface area (Å²) in [5.74, 6) is 0. The van der Waals surface area contributed by atoms with E-state index in [1.54, 1.807) is 7.11 Å². The Kier molecular flexibility index (Phi) is 5.04. The van der Waals surface area contributed by atoms with Crippen LogP contribution in [-0.4, -0.2) is 26.8 Å². The first kappa shape index (κ1) is 13.9. The summed E-state index contributed by atoms with van der Waals surface area (Å²) in [6.45, 7) is 2.67. The molecule has 1 aromatic carbocycles. The van der Waals surface area contributed by atoms with Crippen LogP contribution < -0.4 is 5.32 Å². The van der Waals surface area contributed by atoms with Crippen LogP contribution in [0.25, 0.3) is 0 Å². The minimum absolute atomic E-state index is 0.228. The van der Waals surface area contributed by atoms with E-state index in [0.717, 1.165) is 24.7 Å². The number of nitrogens with one attached hydrogen (secondary N) is 1. The summed E-state index contributed by atoms with van der Waals surface area (Å²) in [7, 11) is 1.74. The van der Waals surface area contributed by atoms with Crippen LogP contribution >= 0.6 is 11.6 Å². The van der Waals surface area contributed by atoms with Gasteiger partial charge in [-0.25, -0.2) is 0 Å². The van der Waals surface area contributed by atoms with Crippen molar-refractivity contribution in [2.75, 3.05) is 26.8 Å². The highest BCUT2D eigenvalue weighted by molar-refractivity contribution is 6.31. The first-order valence-electron chi connectivity index (χ1n) is 6.73. The Labute approximate surface area is 115 Å². The van der Waals surface area contributed by atoms with Gasteiger partial charge < -0.3 is 10.1 Å². The molecule has 2 rings (SSSR count). The average molecular weight is 268 g/mol. The lowest BCUT2D eigenvalue weighted by atomic mass is 9.78. The van der Waals surface area contributed by atoms with Gasteiger partial charge in [0.15, 0.2) is 0 Å². The molecule has 100 valence electrons. The standard InChI is InChI=1S/C15H22ClNO/c1-18-11-10-17-12-15(8-4-5-9-15)13-6-2-3-7-14(13)16/h2-3,6-7,17H,4-5,8-12H2,1H3. The Morgan fingerprint density at radius 1 is 1.28 bits per heavy atom. The number of hydrogen-bond acceptors (Lipinski definition) is 2. The van der Waals surface area contributed by atoms with Gasteiger partial charge in [0, 0.05) is 30.6 Å². The number of halogens is 1. The molecule has 1 aliphatic rings. The third-order valence-corrected chi connectivity index (χ3v) is 4.28. The molecule has 0 saturated heterocycles. The number of hydrogen-bond donors (Lipinski definition) is 1. The predicted molar refractivity (Wildman–Crippen MR) is 76.3 cm³/mol. The van der Waals surface area contributed by atoms with Crippen molar-refractivity contribution in [3.8, 4) is 0 Å². The lowest BCUT2D eigenvalue weighted by Crippen LogP contribution is -2.37. The van der Waals surface area contributed by atoms with Crippen molar-refractivity contribution in [3.63, 3.8) is 0 Å². The number of rotatable bonds is 6. The van der Waals surface area contributed by atoms with Crippen LogP contribution in [-0.2, 0) is 10.2 Å². The van der Waals surface area contributed by atoms with Crippen LogP contribution in [0.2, 0.25) is 5.02 Å². The van der Waals surface area contributed by atoms with Gasteiger partial charge in [-0.3, -0.25) is 0 Å². The molecule has 0 radical (unpaired) electrons. The zero-order valence-electron chi connectivity index (χ0n) is 11.0. The van der Waals surface area contributed by atoms with Gasteiger partial charge in [-0.15, -0.1) is 0 Å². The van der Waals surface area contributed by atoms with E-state index in [1.807, 2.05) is 12.1 Å². The van der Waals surface area contributed by atoms with Gasteiger partial charge >= 0.3 is 0 Å². The molecule has 0 atom stereocenters. The van der Waals surface area contributed by atoms with E-state index < -0.39 is 0 Å². The minimum Gasteiger partial charge on any atom is -0.383 e. The molecule has 0 amide bonds. The molecule has 0 spiro atoms. The SMILES string of the molecule is COCCNCC1(c2ccccc2Cl)CCCC1. The molecular weight excluding hydrogens is 246 g/mol. The van der Waals surface area contributed by atoms with E-state index >= 15 is 0 Å². The van der Waals surface area contributed by atoms with Gasteiger partial charge in [-0.2, -0.15) is 0 Å². The van der Waals surface area contributed by atoms with Gasteiger partial charge in [0.25, 0.3) is 0 Å². The highest BCUT2D eigenvalue weighted by Crippen LogP contribution is 2.43. The molecule has 18 heavy (non-hydrogen) atoms. The second-order valence-corrected chi connectivity index (χ2v) is 5.54. The zero-order chi connectivity index (χ0) is 12.8. The average Bonchev–Trinajstić information content (AvgIpc) is 2.85. The van der Waals surface area contributed by atoms with Crippen LogP contribution in [0.4, 0.5) is 0 Å². The fourth-order valence-corrected chi connectivity index (χ4v) is 3.32. The predicted octanol–water partition coefficient (Wildman–Crippen LogP) is 3.39. The quantitative estimate of drug-likeness (QED) is 0.798. The first-order valence-corrected chi connectivity index (χ1v) is 7.11. The number of methoxy groups -OCH3 is 1. The molecule has 0 heterocycles. The van der Waals surface area contributed by atoms with Gasteiger partial charge in [-0.05, 0) is 24.5 Å². The van der Waals surface area contributed by atoms with E-state index in [-0.39, 0.29) is 5.41 Å². The normalized spacial score (nSPS) is 18.1. The molecule has 0 bridgehead atoms. The molecule has 1 aromatic rings. The van der Waals surface area contributed by atoms with Crippen molar-refractivity contribution in [1.29, 1.82) is 0 Å². The summed E-state index contributed by atoms with van der Waals surface area (Å²) in [6, 6.07) is 8.29. The first-order chi connectivity index (χ1) is 8.78. The molecule has 1 aliphatic carbocycles. The Morgan fingerprint density at radius 2 is 2.00 bits per heavy atom. The van der Waals surface area contributed by atoms with Crippen LogP contribution in [0.5, 0.6) is 0 Å². The van der Waals surface area contributed by atoms with Gasteiger partial charge in [0.2, 0.25) is 0 Å². The van der Waals surface area contributed by atoms with Crippen LogP contribution in [0, 0.1) is 0 Å². The Balaban J connectivity index is 2.09. The van der Waals surface area contributed by atoms with Crippen molar-refractivity contribution in [2.45, 2.75) is 31.1 Å². The Bertz CT molecular complexity index is 375. The van der Waals surface area contributed by atoms with Crippen molar-refractivity contribution in [1.82, 2.24) is 5.32 Å². The lowest BCUT2D eigenvalue weighted by molar-refractivity contribution is 0.196. The molecule has 2 nitrogen and oxygen atoms in total. The molecule has 0 unspecified atom stereocenters. The molecule has 1 N–H and O–H groups in total. The van der Waals surface area contributed by atoms with E-state index in [1.165, 1.54) is 31.2 Å². The highest BCUT2D eigenvalue weighted by atomic mass is 35.5. The summed E-state index contributed by atoms with van der Waals surface area (Å²) in [4.78, 5) is 0. The summed E-state index contributed by atoms with van der Waals surface area (Å²) in [5, 5.41) is 4.42. The topological polar surface area (TPSA) is 21.3 Å². The third kappa shape index (κ3) is 3.05. The Morgan fingerprint density at radius 3 is 2.67 bits per heavy atom. The third-order valence-electron chi connectivity index (χ3n) is 3.95. The Hall–Kier alpha value is -0.570. The second-order valence-electron chi connectivity index (χ2n) is 5.14. The second kappa shape index (κ2) is 6.55. The largest absolute Gasteiger partial charge is 0.383 e. The number of benzene rings is 1. The number of ether oxygens (including phenoxy) is 1. The van der Waals surface area contributed by atoms with E-state index in [2.05, 4.69) is 17.4 Å². The maximum absolute atomic E-state index is 6.38. The summed E-state index contributed by atoms with van der Waals surface area (Å²) in [6.07, 6.45) is 5.07. The minimum atomic E-state index is 0.228. The van der Waals surface area contributed by atoms with E-state index in [9.17, 15) is 0 Å². The van der Waals surface area contributed by atoms with Crippen molar-refractivity contribution in [3.05, 3.63) is 34.9 Å². The fourth-order valence-electron chi connectivity index (χ4n) is 2.99. The van der Waals surface area contributed by atoms with Crippen LogP contribution in [0.15, 0.2) is 24.3 Å². The fraction of sp³-hybridized carbons (Fsp3) is 0.600.